The van der Waals surface area contributed by atoms with Gasteiger partial charge in [0.25, 0.3) is 0 Å². The number of aryl methyl sites for hydroxylation is 1. The number of aliphatic carboxylic acids is 1. The maximum absolute atomic E-state index is 11.2. The molecule has 0 aliphatic heterocycles. The van der Waals surface area contributed by atoms with Crippen LogP contribution in [0, 0.1) is 18.8 Å². The van der Waals surface area contributed by atoms with Gasteiger partial charge in [0.05, 0.1) is 11.6 Å². The van der Waals surface area contributed by atoms with Crippen LogP contribution in [-0.4, -0.2) is 27.8 Å². The Kier molecular flexibility index (Phi) is 4.17. The fourth-order valence-electron chi connectivity index (χ4n) is 2.18. The van der Waals surface area contributed by atoms with Gasteiger partial charge in [0.2, 0.25) is 0 Å². The third-order valence-corrected chi connectivity index (χ3v) is 3.48. The van der Waals surface area contributed by atoms with Gasteiger partial charge in [0.15, 0.2) is 5.82 Å². The maximum Gasteiger partial charge on any atom is 0.308 e. The summed E-state index contributed by atoms with van der Waals surface area (Å²) in [6.07, 6.45) is 0. The van der Waals surface area contributed by atoms with Gasteiger partial charge in [-0.1, -0.05) is 38.1 Å². The van der Waals surface area contributed by atoms with E-state index in [1.165, 1.54) is 0 Å². The van der Waals surface area contributed by atoms with E-state index in [1.807, 2.05) is 45.0 Å². The molecule has 0 fully saturated rings. The average Bonchev–Trinajstić information content (AvgIpc) is 2.41. The van der Waals surface area contributed by atoms with Gasteiger partial charge < -0.3 is 10.4 Å². The van der Waals surface area contributed by atoms with Crippen LogP contribution in [0.1, 0.15) is 19.5 Å². The Balaban J connectivity index is 2.26. The Morgan fingerprint density at radius 1 is 1.25 bits per heavy atom. The molecule has 5 nitrogen and oxygen atoms in total. The van der Waals surface area contributed by atoms with Crippen molar-refractivity contribution in [2.75, 3.05) is 11.9 Å². The summed E-state index contributed by atoms with van der Waals surface area (Å²) in [7, 11) is 0. The van der Waals surface area contributed by atoms with E-state index in [0.717, 1.165) is 16.5 Å². The molecule has 0 saturated heterocycles. The zero-order chi connectivity index (χ0) is 14.7. The van der Waals surface area contributed by atoms with Gasteiger partial charge in [-0.15, -0.1) is 5.10 Å². The predicted octanol–water partition coefficient (Wildman–Crippen LogP) is 2.71. The van der Waals surface area contributed by atoms with Gasteiger partial charge in [-0.3, -0.25) is 4.79 Å². The summed E-state index contributed by atoms with van der Waals surface area (Å²) in [5.74, 6) is -0.545. The van der Waals surface area contributed by atoms with Gasteiger partial charge in [-0.25, -0.2) is 0 Å². The Bertz CT molecular complexity index is 626. The highest BCUT2D eigenvalue weighted by molar-refractivity contribution is 5.92. The molecule has 1 atom stereocenters. The highest BCUT2D eigenvalue weighted by Crippen LogP contribution is 2.23. The first-order chi connectivity index (χ1) is 9.50. The number of fused-ring (bicyclic) bond motifs is 1. The lowest BCUT2D eigenvalue weighted by Gasteiger charge is -2.17. The molecule has 2 N–H and O–H groups in total. The van der Waals surface area contributed by atoms with Crippen molar-refractivity contribution in [1.82, 2.24) is 10.2 Å². The molecule has 2 rings (SSSR count). The number of carboxylic acids is 1. The molecule has 1 aromatic heterocycles. The highest BCUT2D eigenvalue weighted by Gasteiger charge is 2.21. The van der Waals surface area contributed by atoms with Crippen LogP contribution < -0.4 is 5.32 Å². The fraction of sp³-hybridized carbons (Fsp3) is 0.400. The Morgan fingerprint density at radius 3 is 2.50 bits per heavy atom. The van der Waals surface area contributed by atoms with Crippen molar-refractivity contribution in [1.29, 1.82) is 0 Å². The number of carboxylic acid groups (broad SMARTS) is 1. The van der Waals surface area contributed by atoms with Crippen molar-refractivity contribution in [3.8, 4) is 0 Å². The molecule has 0 radical (unpaired) electrons. The van der Waals surface area contributed by atoms with Crippen LogP contribution in [0.15, 0.2) is 24.3 Å². The SMILES string of the molecule is Cc1nnc(NCC(C(=O)O)C(C)C)c2ccccc12. The molecule has 1 unspecified atom stereocenters. The van der Waals surface area contributed by atoms with E-state index in [0.29, 0.717) is 12.4 Å². The number of aromatic nitrogens is 2. The summed E-state index contributed by atoms with van der Waals surface area (Å²) < 4.78 is 0. The molecular weight excluding hydrogens is 254 g/mol. The molecular formula is C15H19N3O2. The molecule has 0 saturated carbocycles. The van der Waals surface area contributed by atoms with Gasteiger partial charge in [0.1, 0.15) is 0 Å². The lowest BCUT2D eigenvalue weighted by atomic mass is 9.96. The smallest absolute Gasteiger partial charge is 0.308 e. The van der Waals surface area contributed by atoms with E-state index in [1.54, 1.807) is 0 Å². The molecule has 20 heavy (non-hydrogen) atoms. The molecule has 1 aromatic carbocycles. The second kappa shape index (κ2) is 5.86. The number of rotatable bonds is 5. The molecule has 2 aromatic rings. The Morgan fingerprint density at radius 2 is 1.90 bits per heavy atom. The second-order valence-corrected chi connectivity index (χ2v) is 5.25. The molecule has 0 bridgehead atoms. The van der Waals surface area contributed by atoms with Crippen LogP contribution in [0.25, 0.3) is 10.8 Å². The number of benzene rings is 1. The van der Waals surface area contributed by atoms with Crippen LogP contribution in [-0.2, 0) is 4.79 Å². The van der Waals surface area contributed by atoms with Gasteiger partial charge in [0, 0.05) is 17.3 Å². The zero-order valence-corrected chi connectivity index (χ0v) is 11.9. The summed E-state index contributed by atoms with van der Waals surface area (Å²) in [5.41, 5.74) is 0.866. The van der Waals surface area contributed by atoms with E-state index in [9.17, 15) is 9.90 Å². The third kappa shape index (κ3) is 2.87. The summed E-state index contributed by atoms with van der Waals surface area (Å²) in [6, 6.07) is 7.84. The molecule has 5 heteroatoms. The van der Waals surface area contributed by atoms with Crippen LogP contribution in [0.4, 0.5) is 5.82 Å². The van der Waals surface area contributed by atoms with Crippen LogP contribution in [0.2, 0.25) is 0 Å². The van der Waals surface area contributed by atoms with Crippen molar-refractivity contribution >= 4 is 22.6 Å². The van der Waals surface area contributed by atoms with Crippen molar-refractivity contribution in [2.24, 2.45) is 11.8 Å². The minimum atomic E-state index is -0.795. The first-order valence-electron chi connectivity index (χ1n) is 6.69. The number of nitrogens with zero attached hydrogens (tertiary/aromatic N) is 2. The molecule has 106 valence electrons. The summed E-state index contributed by atoms with van der Waals surface area (Å²) >= 11 is 0. The topological polar surface area (TPSA) is 75.1 Å². The van der Waals surface area contributed by atoms with Crippen LogP contribution in [0.5, 0.6) is 0 Å². The standard InChI is InChI=1S/C15H19N3O2/c1-9(2)13(15(19)20)8-16-14-12-7-5-4-6-11(12)10(3)17-18-14/h4-7,9,13H,8H2,1-3H3,(H,16,18)(H,19,20). The molecule has 1 heterocycles. The molecule has 0 spiro atoms. The van der Waals surface area contributed by atoms with E-state index in [-0.39, 0.29) is 5.92 Å². The molecule has 0 aliphatic carbocycles. The Hall–Kier alpha value is -2.17. The highest BCUT2D eigenvalue weighted by atomic mass is 16.4. The van der Waals surface area contributed by atoms with Crippen molar-refractivity contribution in [3.05, 3.63) is 30.0 Å². The second-order valence-electron chi connectivity index (χ2n) is 5.25. The Labute approximate surface area is 118 Å². The van der Waals surface area contributed by atoms with Gasteiger partial charge in [-0.05, 0) is 12.8 Å². The van der Waals surface area contributed by atoms with Crippen molar-refractivity contribution < 1.29 is 9.90 Å². The number of nitrogens with one attached hydrogen (secondary N) is 1. The van der Waals surface area contributed by atoms with Crippen LogP contribution >= 0.6 is 0 Å². The normalized spacial score (nSPS) is 12.6. The average molecular weight is 273 g/mol. The summed E-state index contributed by atoms with van der Waals surface area (Å²) in [4.78, 5) is 11.2. The predicted molar refractivity (Wildman–Crippen MR) is 78.7 cm³/mol. The van der Waals surface area contributed by atoms with Crippen molar-refractivity contribution in [2.45, 2.75) is 20.8 Å². The van der Waals surface area contributed by atoms with E-state index >= 15 is 0 Å². The van der Waals surface area contributed by atoms with E-state index in [2.05, 4.69) is 15.5 Å². The lowest BCUT2D eigenvalue weighted by Crippen LogP contribution is -2.27. The van der Waals surface area contributed by atoms with Crippen molar-refractivity contribution in [3.63, 3.8) is 0 Å². The zero-order valence-electron chi connectivity index (χ0n) is 11.9. The van der Waals surface area contributed by atoms with Crippen LogP contribution in [0.3, 0.4) is 0 Å². The molecule has 0 amide bonds. The quantitative estimate of drug-likeness (QED) is 0.876. The number of hydrogen-bond donors (Lipinski definition) is 2. The molecule has 0 aliphatic rings. The first-order valence-corrected chi connectivity index (χ1v) is 6.69. The number of anilines is 1. The van der Waals surface area contributed by atoms with E-state index < -0.39 is 11.9 Å². The minimum absolute atomic E-state index is 0.0599. The monoisotopic (exact) mass is 273 g/mol. The largest absolute Gasteiger partial charge is 0.481 e. The summed E-state index contributed by atoms with van der Waals surface area (Å²) in [5, 5.41) is 22.6. The lowest BCUT2D eigenvalue weighted by molar-refractivity contribution is -0.142. The number of carbonyl (C=O) groups is 1. The fourth-order valence-corrected chi connectivity index (χ4v) is 2.18. The third-order valence-electron chi connectivity index (χ3n) is 3.48. The first kappa shape index (κ1) is 14.2. The van der Waals surface area contributed by atoms with Gasteiger partial charge >= 0.3 is 5.97 Å². The number of hydrogen-bond acceptors (Lipinski definition) is 4. The minimum Gasteiger partial charge on any atom is -0.481 e. The van der Waals surface area contributed by atoms with Gasteiger partial charge in [-0.2, -0.15) is 5.10 Å². The van der Waals surface area contributed by atoms with E-state index in [4.69, 9.17) is 0 Å². The summed E-state index contributed by atoms with van der Waals surface area (Å²) in [6.45, 7) is 6.06. The maximum atomic E-state index is 11.2.